The molecular formula is C10H20N2O. The maximum atomic E-state index is 11.5. The smallest absolute Gasteiger partial charge is 0.223 e. The molecule has 0 aromatic carbocycles. The van der Waals surface area contributed by atoms with Gasteiger partial charge in [0.15, 0.2) is 0 Å². The minimum Gasteiger partial charge on any atom is -0.346 e. The van der Waals surface area contributed by atoms with E-state index < -0.39 is 0 Å². The molecule has 1 atom stereocenters. The van der Waals surface area contributed by atoms with Gasteiger partial charge in [-0.05, 0) is 25.2 Å². The van der Waals surface area contributed by atoms with Gasteiger partial charge in [-0.1, -0.05) is 6.92 Å². The Bertz CT molecular complexity index is 178. The molecule has 13 heavy (non-hydrogen) atoms. The third kappa shape index (κ3) is 3.35. The van der Waals surface area contributed by atoms with Gasteiger partial charge in [-0.2, -0.15) is 0 Å². The summed E-state index contributed by atoms with van der Waals surface area (Å²) in [7, 11) is 1.85. The molecule has 0 aliphatic heterocycles. The van der Waals surface area contributed by atoms with E-state index in [0.717, 1.165) is 13.0 Å². The lowest BCUT2D eigenvalue weighted by molar-refractivity contribution is -0.130. The Morgan fingerprint density at radius 1 is 1.62 bits per heavy atom. The lowest BCUT2D eigenvalue weighted by atomic mass is 10.1. The molecule has 0 bridgehead atoms. The van der Waals surface area contributed by atoms with E-state index in [1.165, 1.54) is 12.8 Å². The quantitative estimate of drug-likeness (QED) is 0.692. The SMILES string of the molecule is CCCN(C)C(=O)CC(N)C1CC1. The molecule has 1 amide bonds. The van der Waals surface area contributed by atoms with Crippen LogP contribution in [-0.2, 0) is 4.79 Å². The molecule has 1 aliphatic carbocycles. The number of hydrogen-bond acceptors (Lipinski definition) is 2. The van der Waals surface area contributed by atoms with Crippen molar-refractivity contribution in [3.63, 3.8) is 0 Å². The first kappa shape index (κ1) is 10.5. The Balaban J connectivity index is 2.22. The van der Waals surface area contributed by atoms with Crippen LogP contribution in [0.15, 0.2) is 0 Å². The maximum absolute atomic E-state index is 11.5. The van der Waals surface area contributed by atoms with Crippen molar-refractivity contribution in [2.24, 2.45) is 11.7 Å². The van der Waals surface area contributed by atoms with Gasteiger partial charge in [0, 0.05) is 26.1 Å². The molecular weight excluding hydrogens is 164 g/mol. The zero-order valence-corrected chi connectivity index (χ0v) is 8.62. The van der Waals surface area contributed by atoms with Crippen molar-refractivity contribution < 1.29 is 4.79 Å². The zero-order chi connectivity index (χ0) is 9.84. The number of carbonyl (C=O) groups excluding carboxylic acids is 1. The molecule has 3 heteroatoms. The van der Waals surface area contributed by atoms with E-state index in [0.29, 0.717) is 12.3 Å². The minimum absolute atomic E-state index is 0.104. The van der Waals surface area contributed by atoms with Crippen molar-refractivity contribution in [3.8, 4) is 0 Å². The monoisotopic (exact) mass is 184 g/mol. The van der Waals surface area contributed by atoms with Gasteiger partial charge in [0.1, 0.15) is 0 Å². The third-order valence-electron chi connectivity index (χ3n) is 2.62. The first-order valence-electron chi connectivity index (χ1n) is 5.14. The van der Waals surface area contributed by atoms with E-state index in [-0.39, 0.29) is 11.9 Å². The maximum Gasteiger partial charge on any atom is 0.223 e. The fourth-order valence-electron chi connectivity index (χ4n) is 1.51. The molecule has 1 rings (SSSR count). The lowest BCUT2D eigenvalue weighted by Gasteiger charge is -2.18. The molecule has 0 aromatic heterocycles. The summed E-state index contributed by atoms with van der Waals surface area (Å²) in [6, 6.07) is 0.104. The lowest BCUT2D eigenvalue weighted by Crippen LogP contribution is -2.34. The summed E-state index contributed by atoms with van der Waals surface area (Å²) < 4.78 is 0. The molecule has 2 N–H and O–H groups in total. The Morgan fingerprint density at radius 2 is 2.23 bits per heavy atom. The van der Waals surface area contributed by atoms with E-state index in [4.69, 9.17) is 5.73 Å². The molecule has 0 radical (unpaired) electrons. The van der Waals surface area contributed by atoms with Crippen LogP contribution in [0.25, 0.3) is 0 Å². The summed E-state index contributed by atoms with van der Waals surface area (Å²) in [5.41, 5.74) is 5.87. The fraction of sp³-hybridized carbons (Fsp3) is 0.900. The summed E-state index contributed by atoms with van der Waals surface area (Å²) in [6.07, 6.45) is 3.97. The standard InChI is InChI=1S/C10H20N2O/c1-3-6-12(2)10(13)7-9(11)8-4-5-8/h8-9H,3-7,11H2,1-2H3. The summed E-state index contributed by atoms with van der Waals surface area (Å²) in [5, 5.41) is 0. The Hall–Kier alpha value is -0.570. The van der Waals surface area contributed by atoms with E-state index in [2.05, 4.69) is 6.92 Å². The molecule has 0 saturated heterocycles. The van der Waals surface area contributed by atoms with Crippen LogP contribution in [0.1, 0.15) is 32.6 Å². The van der Waals surface area contributed by atoms with E-state index in [1.54, 1.807) is 4.90 Å². The van der Waals surface area contributed by atoms with Crippen LogP contribution in [0.4, 0.5) is 0 Å². The largest absolute Gasteiger partial charge is 0.346 e. The van der Waals surface area contributed by atoms with Crippen LogP contribution in [0, 0.1) is 5.92 Å². The molecule has 76 valence electrons. The van der Waals surface area contributed by atoms with Crippen molar-refractivity contribution in [2.75, 3.05) is 13.6 Å². The molecule has 1 aliphatic rings. The number of amides is 1. The summed E-state index contributed by atoms with van der Waals surface area (Å²) in [5.74, 6) is 0.820. The Morgan fingerprint density at radius 3 is 2.69 bits per heavy atom. The minimum atomic E-state index is 0.104. The van der Waals surface area contributed by atoms with Gasteiger partial charge in [0.05, 0.1) is 0 Å². The second kappa shape index (κ2) is 4.61. The second-order valence-electron chi connectivity index (χ2n) is 4.02. The van der Waals surface area contributed by atoms with Crippen LogP contribution in [0.3, 0.4) is 0 Å². The fourth-order valence-corrected chi connectivity index (χ4v) is 1.51. The predicted molar refractivity (Wildman–Crippen MR) is 53.2 cm³/mol. The highest BCUT2D eigenvalue weighted by atomic mass is 16.2. The van der Waals surface area contributed by atoms with Gasteiger partial charge in [-0.25, -0.2) is 0 Å². The van der Waals surface area contributed by atoms with Gasteiger partial charge in [-0.15, -0.1) is 0 Å². The average molecular weight is 184 g/mol. The highest BCUT2D eigenvalue weighted by Gasteiger charge is 2.30. The van der Waals surface area contributed by atoms with Gasteiger partial charge >= 0.3 is 0 Å². The third-order valence-corrected chi connectivity index (χ3v) is 2.62. The number of nitrogens with zero attached hydrogens (tertiary/aromatic N) is 1. The first-order valence-corrected chi connectivity index (χ1v) is 5.14. The van der Waals surface area contributed by atoms with Gasteiger partial charge in [0.25, 0.3) is 0 Å². The van der Waals surface area contributed by atoms with Crippen LogP contribution >= 0.6 is 0 Å². The number of nitrogens with two attached hydrogens (primary N) is 1. The highest BCUT2D eigenvalue weighted by molar-refractivity contribution is 5.76. The van der Waals surface area contributed by atoms with Crippen molar-refractivity contribution in [2.45, 2.75) is 38.6 Å². The van der Waals surface area contributed by atoms with Crippen molar-refractivity contribution >= 4 is 5.91 Å². The molecule has 3 nitrogen and oxygen atoms in total. The van der Waals surface area contributed by atoms with Crippen LogP contribution in [0.5, 0.6) is 0 Å². The zero-order valence-electron chi connectivity index (χ0n) is 8.62. The van der Waals surface area contributed by atoms with E-state index in [9.17, 15) is 4.79 Å². The van der Waals surface area contributed by atoms with Crippen LogP contribution in [0.2, 0.25) is 0 Å². The van der Waals surface area contributed by atoms with Gasteiger partial charge in [0.2, 0.25) is 5.91 Å². The van der Waals surface area contributed by atoms with Crippen molar-refractivity contribution in [1.29, 1.82) is 0 Å². The topological polar surface area (TPSA) is 46.3 Å². The second-order valence-corrected chi connectivity index (χ2v) is 4.02. The van der Waals surface area contributed by atoms with Gasteiger partial charge < -0.3 is 10.6 Å². The molecule has 1 fully saturated rings. The summed E-state index contributed by atoms with van der Waals surface area (Å²) in [4.78, 5) is 13.3. The van der Waals surface area contributed by atoms with Crippen LogP contribution in [-0.4, -0.2) is 30.4 Å². The Labute approximate surface area is 80.3 Å². The number of carbonyl (C=O) groups is 1. The van der Waals surface area contributed by atoms with E-state index >= 15 is 0 Å². The molecule has 0 heterocycles. The summed E-state index contributed by atoms with van der Waals surface area (Å²) >= 11 is 0. The number of hydrogen-bond donors (Lipinski definition) is 1. The predicted octanol–water partition coefficient (Wildman–Crippen LogP) is 0.982. The Kier molecular flexibility index (Phi) is 3.72. The van der Waals surface area contributed by atoms with E-state index in [1.807, 2.05) is 7.05 Å². The van der Waals surface area contributed by atoms with Crippen molar-refractivity contribution in [3.05, 3.63) is 0 Å². The normalized spacial score (nSPS) is 18.4. The molecule has 0 spiro atoms. The van der Waals surface area contributed by atoms with Crippen molar-refractivity contribution in [1.82, 2.24) is 4.90 Å². The van der Waals surface area contributed by atoms with Gasteiger partial charge in [-0.3, -0.25) is 4.79 Å². The van der Waals surface area contributed by atoms with Crippen LogP contribution < -0.4 is 5.73 Å². The average Bonchev–Trinajstić information content (AvgIpc) is 2.86. The molecule has 1 saturated carbocycles. The molecule has 0 aromatic rings. The first-order chi connectivity index (χ1) is 6.15. The summed E-state index contributed by atoms with van der Waals surface area (Å²) in [6.45, 7) is 2.92. The number of rotatable bonds is 5. The molecule has 1 unspecified atom stereocenters. The highest BCUT2D eigenvalue weighted by Crippen LogP contribution is 2.32.